The van der Waals surface area contributed by atoms with Gasteiger partial charge in [-0.1, -0.05) is 38.1 Å². The van der Waals surface area contributed by atoms with Gasteiger partial charge in [-0.3, -0.25) is 0 Å². The van der Waals surface area contributed by atoms with E-state index in [0.717, 1.165) is 16.9 Å². The first-order valence-electron chi connectivity index (χ1n) is 6.48. The monoisotopic (exact) mass is 248 g/mol. The van der Waals surface area contributed by atoms with Crippen molar-refractivity contribution in [3.63, 3.8) is 0 Å². The van der Waals surface area contributed by atoms with Crippen LogP contribution in [0.3, 0.4) is 0 Å². The second kappa shape index (κ2) is 6.05. The molecule has 0 aliphatic heterocycles. The van der Waals surface area contributed by atoms with Crippen molar-refractivity contribution in [2.24, 2.45) is 5.92 Å². The lowest BCUT2D eigenvalue weighted by atomic mass is 10.0. The fourth-order valence-electron chi connectivity index (χ4n) is 1.64. The molecule has 0 spiro atoms. The minimum absolute atomic E-state index is 0.276. The Morgan fingerprint density at radius 3 is 2.22 bits per heavy atom. The minimum Gasteiger partial charge on any atom is -0.462 e. The van der Waals surface area contributed by atoms with Crippen LogP contribution in [0.15, 0.2) is 30.8 Å². The Balaban J connectivity index is 2.84. The van der Waals surface area contributed by atoms with Crippen LogP contribution in [0.25, 0.3) is 5.57 Å². The van der Waals surface area contributed by atoms with Gasteiger partial charge in [0.1, 0.15) is 5.75 Å². The molecule has 0 aliphatic rings. The maximum atomic E-state index is 5.99. The van der Waals surface area contributed by atoms with Crippen LogP contribution in [0.4, 0.5) is 0 Å². The molecule has 1 aromatic carbocycles. The van der Waals surface area contributed by atoms with E-state index < -0.39 is 5.79 Å². The highest BCUT2D eigenvalue weighted by molar-refractivity contribution is 5.61. The SMILES string of the molecule is C=C(C)c1ccc(OC(C)(OCC)C(C)C)cc1. The van der Waals surface area contributed by atoms with E-state index in [1.54, 1.807) is 0 Å². The molecule has 0 aliphatic carbocycles. The summed E-state index contributed by atoms with van der Waals surface area (Å²) < 4.78 is 11.7. The van der Waals surface area contributed by atoms with Gasteiger partial charge in [0.2, 0.25) is 5.79 Å². The molecule has 0 bridgehead atoms. The van der Waals surface area contributed by atoms with E-state index in [0.29, 0.717) is 6.61 Å². The van der Waals surface area contributed by atoms with Crippen LogP contribution in [-0.4, -0.2) is 12.4 Å². The molecule has 0 amide bonds. The molecule has 1 rings (SSSR count). The highest BCUT2D eigenvalue weighted by Gasteiger charge is 2.31. The van der Waals surface area contributed by atoms with Gasteiger partial charge < -0.3 is 9.47 Å². The smallest absolute Gasteiger partial charge is 0.209 e. The van der Waals surface area contributed by atoms with Crippen molar-refractivity contribution in [1.29, 1.82) is 0 Å². The molecule has 0 N–H and O–H groups in total. The summed E-state index contributed by atoms with van der Waals surface area (Å²) in [5, 5.41) is 0. The lowest BCUT2D eigenvalue weighted by molar-refractivity contribution is -0.194. The number of benzene rings is 1. The van der Waals surface area contributed by atoms with Gasteiger partial charge in [0, 0.05) is 19.4 Å². The summed E-state index contributed by atoms with van der Waals surface area (Å²) in [5.74, 6) is 0.516. The predicted molar refractivity (Wildman–Crippen MR) is 76.6 cm³/mol. The summed E-state index contributed by atoms with van der Waals surface area (Å²) in [4.78, 5) is 0. The van der Waals surface area contributed by atoms with Gasteiger partial charge in [-0.15, -0.1) is 0 Å². The third-order valence-electron chi connectivity index (χ3n) is 3.15. The number of ether oxygens (including phenoxy) is 2. The van der Waals surface area contributed by atoms with Gasteiger partial charge in [-0.2, -0.15) is 0 Å². The van der Waals surface area contributed by atoms with Crippen LogP contribution >= 0.6 is 0 Å². The van der Waals surface area contributed by atoms with Gasteiger partial charge in [0.25, 0.3) is 0 Å². The average molecular weight is 248 g/mol. The van der Waals surface area contributed by atoms with Crippen LogP contribution in [-0.2, 0) is 4.74 Å². The molecule has 0 heterocycles. The molecule has 0 aromatic heterocycles. The summed E-state index contributed by atoms with van der Waals surface area (Å²) in [7, 11) is 0. The van der Waals surface area contributed by atoms with Gasteiger partial charge in [0.15, 0.2) is 0 Å². The lowest BCUT2D eigenvalue weighted by Crippen LogP contribution is -2.41. The molecule has 0 saturated carbocycles. The van der Waals surface area contributed by atoms with E-state index in [1.807, 2.05) is 45.0 Å². The maximum Gasteiger partial charge on any atom is 0.209 e. The third-order valence-corrected chi connectivity index (χ3v) is 3.15. The molecule has 100 valence electrons. The zero-order valence-electron chi connectivity index (χ0n) is 12.1. The van der Waals surface area contributed by atoms with Crippen molar-refractivity contribution in [2.45, 2.75) is 40.4 Å². The maximum absolute atomic E-state index is 5.99. The lowest BCUT2D eigenvalue weighted by Gasteiger charge is -2.34. The molecule has 1 aromatic rings. The molecule has 0 fully saturated rings. The van der Waals surface area contributed by atoms with Crippen LogP contribution in [0.1, 0.15) is 40.2 Å². The average Bonchev–Trinajstić information content (AvgIpc) is 2.29. The molecule has 0 saturated heterocycles. The Labute approximate surface area is 111 Å². The Bertz CT molecular complexity index is 392. The summed E-state index contributed by atoms with van der Waals surface area (Å²) >= 11 is 0. The zero-order chi connectivity index (χ0) is 13.8. The predicted octanol–water partition coefficient (Wildman–Crippen LogP) is 4.51. The summed E-state index contributed by atoms with van der Waals surface area (Å²) in [6.45, 7) is 14.7. The molecular weight excluding hydrogens is 224 g/mol. The van der Waals surface area contributed by atoms with Crippen molar-refractivity contribution < 1.29 is 9.47 Å². The van der Waals surface area contributed by atoms with E-state index in [9.17, 15) is 0 Å². The van der Waals surface area contributed by atoms with Gasteiger partial charge in [0.05, 0.1) is 0 Å². The third kappa shape index (κ3) is 3.61. The molecule has 2 heteroatoms. The summed E-state index contributed by atoms with van der Waals surface area (Å²) in [6, 6.07) is 7.96. The quantitative estimate of drug-likeness (QED) is 0.690. The largest absolute Gasteiger partial charge is 0.462 e. The van der Waals surface area contributed by atoms with Crippen molar-refractivity contribution >= 4 is 5.57 Å². The van der Waals surface area contributed by atoms with E-state index >= 15 is 0 Å². The van der Waals surface area contributed by atoms with Gasteiger partial charge >= 0.3 is 0 Å². The zero-order valence-corrected chi connectivity index (χ0v) is 12.1. The van der Waals surface area contributed by atoms with Crippen molar-refractivity contribution in [1.82, 2.24) is 0 Å². The second-order valence-electron chi connectivity index (χ2n) is 5.01. The Morgan fingerprint density at radius 2 is 1.83 bits per heavy atom. The first-order valence-corrected chi connectivity index (χ1v) is 6.48. The molecule has 0 radical (unpaired) electrons. The first-order chi connectivity index (χ1) is 8.39. The number of hydrogen-bond donors (Lipinski definition) is 0. The first kappa shape index (κ1) is 14.8. The topological polar surface area (TPSA) is 18.5 Å². The van der Waals surface area contributed by atoms with E-state index in [2.05, 4.69) is 20.4 Å². The van der Waals surface area contributed by atoms with Gasteiger partial charge in [-0.05, 0) is 31.5 Å². The van der Waals surface area contributed by atoms with E-state index in [-0.39, 0.29) is 5.92 Å². The van der Waals surface area contributed by atoms with E-state index in [1.165, 1.54) is 0 Å². The Hall–Kier alpha value is -1.28. The summed E-state index contributed by atoms with van der Waals surface area (Å²) in [5.41, 5.74) is 2.18. The fourth-order valence-corrected chi connectivity index (χ4v) is 1.64. The van der Waals surface area contributed by atoms with Crippen LogP contribution in [0, 0.1) is 5.92 Å². The van der Waals surface area contributed by atoms with Crippen molar-refractivity contribution in [3.05, 3.63) is 36.4 Å². The standard InChI is InChI=1S/C16H24O2/c1-7-17-16(6,13(4)5)18-15-10-8-14(9-11-15)12(2)3/h8-11,13H,2,7H2,1,3-6H3. The number of allylic oxidation sites excluding steroid dienone is 1. The highest BCUT2D eigenvalue weighted by atomic mass is 16.7. The van der Waals surface area contributed by atoms with Crippen molar-refractivity contribution in [3.8, 4) is 5.75 Å². The Kier molecular flexibility index (Phi) is 4.97. The minimum atomic E-state index is -0.584. The molecule has 1 unspecified atom stereocenters. The molecule has 1 atom stereocenters. The highest BCUT2D eigenvalue weighted by Crippen LogP contribution is 2.27. The number of hydrogen-bond acceptors (Lipinski definition) is 2. The van der Waals surface area contributed by atoms with Crippen molar-refractivity contribution in [2.75, 3.05) is 6.61 Å². The van der Waals surface area contributed by atoms with Crippen LogP contribution in [0.5, 0.6) is 5.75 Å². The summed E-state index contributed by atoms with van der Waals surface area (Å²) in [6.07, 6.45) is 0. The molecule has 2 nitrogen and oxygen atoms in total. The molecular formula is C16H24O2. The Morgan fingerprint density at radius 1 is 1.28 bits per heavy atom. The normalized spacial score (nSPS) is 14.3. The second-order valence-corrected chi connectivity index (χ2v) is 5.01. The molecule has 18 heavy (non-hydrogen) atoms. The fraction of sp³-hybridized carbons (Fsp3) is 0.500. The van der Waals surface area contributed by atoms with Gasteiger partial charge in [-0.25, -0.2) is 0 Å². The van der Waals surface area contributed by atoms with E-state index in [4.69, 9.17) is 9.47 Å². The van der Waals surface area contributed by atoms with Crippen LogP contribution < -0.4 is 4.74 Å². The van der Waals surface area contributed by atoms with Crippen LogP contribution in [0.2, 0.25) is 0 Å². The number of rotatable bonds is 6.